The SMILES string of the molecule is CCCCCCCCCCCC/C=C/[C@@H](O)[C@H](COP(=O)([O-])OCC[N+](C)(C)C)NC(=O)CCCCCCCCCCCCCCCCCCCCCCCCC. The van der Waals surface area contributed by atoms with Gasteiger partial charge in [0.15, 0.2) is 0 Å². The van der Waals surface area contributed by atoms with E-state index in [1.807, 2.05) is 27.2 Å². The number of allylic oxidation sites excluding steroid dienone is 1. The molecule has 0 aliphatic rings. The highest BCUT2D eigenvalue weighted by molar-refractivity contribution is 7.45. The number of hydrogen-bond acceptors (Lipinski definition) is 6. The van der Waals surface area contributed by atoms with E-state index in [1.165, 1.54) is 180 Å². The van der Waals surface area contributed by atoms with Crippen LogP contribution in [0.4, 0.5) is 0 Å². The second-order valence-electron chi connectivity index (χ2n) is 18.2. The second kappa shape index (κ2) is 40.6. The molecular formula is C48H97N2O6P. The third-order valence-corrected chi connectivity index (χ3v) is 12.2. The molecule has 0 aliphatic carbocycles. The Hall–Kier alpha value is -0.760. The minimum absolute atomic E-state index is 0.00214. The fourth-order valence-corrected chi connectivity index (χ4v) is 8.05. The van der Waals surface area contributed by atoms with Gasteiger partial charge in [0, 0.05) is 6.42 Å². The number of rotatable bonds is 45. The van der Waals surface area contributed by atoms with Crippen LogP contribution in [0.5, 0.6) is 0 Å². The number of hydrogen-bond donors (Lipinski definition) is 2. The summed E-state index contributed by atoms with van der Waals surface area (Å²) in [6.07, 6.45) is 47.0. The van der Waals surface area contributed by atoms with Crippen LogP contribution >= 0.6 is 7.82 Å². The molecule has 0 aromatic rings. The molecule has 0 rings (SSSR count). The summed E-state index contributed by atoms with van der Waals surface area (Å²) in [5.74, 6) is -0.194. The molecule has 0 aromatic heterocycles. The normalized spacial score (nSPS) is 14.3. The van der Waals surface area contributed by atoms with Crippen molar-refractivity contribution in [1.29, 1.82) is 0 Å². The second-order valence-corrected chi connectivity index (χ2v) is 19.6. The van der Waals surface area contributed by atoms with Crippen molar-refractivity contribution in [2.75, 3.05) is 40.9 Å². The number of likely N-dealkylation sites (N-methyl/N-ethyl adjacent to an activating group) is 1. The standard InChI is InChI=1S/C48H97N2O6P/c1-6-8-10-12-14-16-18-20-21-22-23-24-25-26-27-28-29-30-32-34-36-38-40-42-48(52)49-46(45-56-57(53,54)55-44-43-50(3,4)5)47(51)41-39-37-35-33-31-19-17-15-13-11-9-7-2/h39,41,46-47,51H,6-38,40,42-45H2,1-5H3,(H-,49,52,53,54)/b41-39+/t46-,47+/m0/s1. The van der Waals surface area contributed by atoms with Crippen molar-refractivity contribution in [2.24, 2.45) is 0 Å². The van der Waals surface area contributed by atoms with E-state index in [1.54, 1.807) is 6.08 Å². The Morgan fingerprint density at radius 1 is 0.596 bits per heavy atom. The van der Waals surface area contributed by atoms with Crippen LogP contribution in [-0.2, 0) is 18.4 Å². The predicted molar refractivity (Wildman–Crippen MR) is 242 cm³/mol. The van der Waals surface area contributed by atoms with Gasteiger partial charge in [0.1, 0.15) is 13.2 Å². The minimum Gasteiger partial charge on any atom is -0.756 e. The number of carbonyl (C=O) groups is 1. The smallest absolute Gasteiger partial charge is 0.268 e. The number of phosphoric acid groups is 1. The van der Waals surface area contributed by atoms with Gasteiger partial charge in [0.05, 0.1) is 39.9 Å². The summed E-state index contributed by atoms with van der Waals surface area (Å²) in [7, 11) is 1.27. The van der Waals surface area contributed by atoms with Crippen LogP contribution in [-0.4, -0.2) is 68.5 Å². The van der Waals surface area contributed by atoms with Gasteiger partial charge in [0.2, 0.25) is 5.91 Å². The van der Waals surface area contributed by atoms with Gasteiger partial charge in [-0.05, 0) is 19.3 Å². The summed E-state index contributed by atoms with van der Waals surface area (Å²) in [6, 6.07) is -0.879. The molecule has 0 saturated carbocycles. The van der Waals surface area contributed by atoms with Crippen molar-refractivity contribution < 1.29 is 32.9 Å². The third-order valence-electron chi connectivity index (χ3n) is 11.2. The quantitative estimate of drug-likeness (QED) is 0.0274. The zero-order valence-electron chi connectivity index (χ0n) is 38.6. The van der Waals surface area contributed by atoms with E-state index in [2.05, 4.69) is 19.2 Å². The number of nitrogens with zero attached hydrogens (tertiary/aromatic N) is 1. The molecule has 3 atom stereocenters. The zero-order valence-corrected chi connectivity index (χ0v) is 39.5. The first kappa shape index (κ1) is 56.2. The minimum atomic E-state index is -4.58. The number of quaternary nitrogens is 1. The van der Waals surface area contributed by atoms with Crippen LogP contribution in [0.15, 0.2) is 12.2 Å². The van der Waals surface area contributed by atoms with Crippen molar-refractivity contribution in [3.05, 3.63) is 12.2 Å². The van der Waals surface area contributed by atoms with E-state index in [0.717, 1.165) is 38.5 Å². The lowest BCUT2D eigenvalue weighted by molar-refractivity contribution is -0.870. The highest BCUT2D eigenvalue weighted by atomic mass is 31.2. The monoisotopic (exact) mass is 829 g/mol. The molecule has 0 aromatic carbocycles. The molecule has 1 unspecified atom stereocenters. The summed E-state index contributed by atoms with van der Waals surface area (Å²) in [4.78, 5) is 25.3. The Balaban J connectivity index is 4.19. The van der Waals surface area contributed by atoms with Gasteiger partial charge >= 0.3 is 0 Å². The first-order valence-corrected chi connectivity index (χ1v) is 26.0. The molecule has 340 valence electrons. The Labute approximate surface area is 354 Å². The predicted octanol–water partition coefficient (Wildman–Crippen LogP) is 13.3. The van der Waals surface area contributed by atoms with Crippen molar-refractivity contribution in [1.82, 2.24) is 5.32 Å². The van der Waals surface area contributed by atoms with E-state index in [0.29, 0.717) is 17.4 Å². The van der Waals surface area contributed by atoms with Crippen LogP contribution in [0, 0.1) is 0 Å². The third kappa shape index (κ3) is 43.1. The average Bonchev–Trinajstić information content (AvgIpc) is 3.16. The summed E-state index contributed by atoms with van der Waals surface area (Å²) in [5.41, 5.74) is 0. The molecule has 2 N–H and O–H groups in total. The van der Waals surface area contributed by atoms with Gasteiger partial charge in [-0.3, -0.25) is 9.36 Å². The molecular weight excluding hydrogens is 732 g/mol. The fourth-order valence-electron chi connectivity index (χ4n) is 7.33. The van der Waals surface area contributed by atoms with Crippen LogP contribution in [0.1, 0.15) is 239 Å². The molecule has 0 aliphatic heterocycles. The van der Waals surface area contributed by atoms with Crippen LogP contribution in [0.3, 0.4) is 0 Å². The molecule has 0 fully saturated rings. The topological polar surface area (TPSA) is 108 Å². The lowest BCUT2D eigenvalue weighted by Gasteiger charge is -2.29. The molecule has 0 saturated heterocycles. The molecule has 9 heteroatoms. The maximum atomic E-state index is 12.9. The lowest BCUT2D eigenvalue weighted by atomic mass is 10.0. The highest BCUT2D eigenvalue weighted by Gasteiger charge is 2.23. The maximum absolute atomic E-state index is 12.9. The van der Waals surface area contributed by atoms with Gasteiger partial charge in [-0.2, -0.15) is 0 Å². The first-order valence-electron chi connectivity index (χ1n) is 24.6. The highest BCUT2D eigenvalue weighted by Crippen LogP contribution is 2.38. The molecule has 8 nitrogen and oxygen atoms in total. The fraction of sp³-hybridized carbons (Fsp3) is 0.938. The van der Waals surface area contributed by atoms with Gasteiger partial charge in [-0.25, -0.2) is 0 Å². The number of nitrogens with one attached hydrogen (secondary N) is 1. The van der Waals surface area contributed by atoms with E-state index >= 15 is 0 Å². The van der Waals surface area contributed by atoms with Crippen molar-refractivity contribution >= 4 is 13.7 Å². The molecule has 1 amide bonds. The summed E-state index contributed by atoms with van der Waals surface area (Å²) in [5, 5.41) is 13.8. The van der Waals surface area contributed by atoms with Crippen LogP contribution < -0.4 is 10.2 Å². The lowest BCUT2D eigenvalue weighted by Crippen LogP contribution is -2.45. The number of carbonyl (C=O) groups excluding carboxylic acids is 1. The van der Waals surface area contributed by atoms with Crippen molar-refractivity contribution in [3.63, 3.8) is 0 Å². The molecule has 0 spiro atoms. The Morgan fingerprint density at radius 3 is 1.32 bits per heavy atom. The first-order chi connectivity index (χ1) is 27.5. The zero-order chi connectivity index (χ0) is 42.1. The van der Waals surface area contributed by atoms with E-state index in [4.69, 9.17) is 9.05 Å². The average molecular weight is 829 g/mol. The number of unbranched alkanes of at least 4 members (excludes halogenated alkanes) is 32. The number of amides is 1. The molecule has 0 heterocycles. The van der Waals surface area contributed by atoms with Gasteiger partial charge in [0.25, 0.3) is 7.82 Å². The van der Waals surface area contributed by atoms with E-state index in [-0.39, 0.29) is 19.1 Å². The number of aliphatic hydroxyl groups excluding tert-OH is 1. The summed E-state index contributed by atoms with van der Waals surface area (Å²) < 4.78 is 23.2. The van der Waals surface area contributed by atoms with Crippen LogP contribution in [0.2, 0.25) is 0 Å². The molecule has 57 heavy (non-hydrogen) atoms. The van der Waals surface area contributed by atoms with E-state index < -0.39 is 20.0 Å². The summed E-state index contributed by atoms with van der Waals surface area (Å²) >= 11 is 0. The van der Waals surface area contributed by atoms with Gasteiger partial charge in [-0.1, -0.05) is 225 Å². The van der Waals surface area contributed by atoms with Gasteiger partial charge in [-0.15, -0.1) is 0 Å². The molecule has 0 radical (unpaired) electrons. The Morgan fingerprint density at radius 2 is 0.947 bits per heavy atom. The summed E-state index contributed by atoms with van der Waals surface area (Å²) in [6.45, 7) is 4.66. The van der Waals surface area contributed by atoms with E-state index in [9.17, 15) is 19.4 Å². The number of phosphoric ester groups is 1. The molecule has 0 bridgehead atoms. The van der Waals surface area contributed by atoms with Gasteiger partial charge < -0.3 is 28.8 Å². The number of aliphatic hydroxyl groups is 1. The Bertz CT molecular complexity index is 942. The largest absolute Gasteiger partial charge is 0.756 e. The Kier molecular flexibility index (Phi) is 40.1. The maximum Gasteiger partial charge on any atom is 0.268 e. The van der Waals surface area contributed by atoms with Crippen molar-refractivity contribution in [2.45, 2.75) is 251 Å². The van der Waals surface area contributed by atoms with Crippen molar-refractivity contribution in [3.8, 4) is 0 Å². The van der Waals surface area contributed by atoms with Crippen LogP contribution in [0.25, 0.3) is 0 Å².